The molecule has 2 nitrogen and oxygen atoms in total. The third-order valence-electron chi connectivity index (χ3n) is 2.19. The molecule has 2 heteroatoms. The lowest BCUT2D eigenvalue weighted by molar-refractivity contribution is 0.586. The SMILES string of the molecule is CC(CN=C=NC(C)(C)C)c1ccccc1. The summed E-state index contributed by atoms with van der Waals surface area (Å²) >= 11 is 0. The van der Waals surface area contributed by atoms with Crippen LogP contribution in [0.3, 0.4) is 0 Å². The molecule has 0 N–H and O–H groups in total. The van der Waals surface area contributed by atoms with Crippen molar-refractivity contribution in [3.8, 4) is 0 Å². The van der Waals surface area contributed by atoms with Gasteiger partial charge in [0.25, 0.3) is 0 Å². The van der Waals surface area contributed by atoms with Crippen LogP contribution in [0, 0.1) is 0 Å². The summed E-state index contributed by atoms with van der Waals surface area (Å²) < 4.78 is 0. The van der Waals surface area contributed by atoms with E-state index in [4.69, 9.17) is 0 Å². The minimum atomic E-state index is -0.0838. The average Bonchev–Trinajstić information content (AvgIpc) is 2.24. The molecule has 0 fully saturated rings. The van der Waals surface area contributed by atoms with Crippen molar-refractivity contribution in [1.29, 1.82) is 0 Å². The molecule has 0 spiro atoms. The molecule has 86 valence electrons. The highest BCUT2D eigenvalue weighted by molar-refractivity contribution is 5.42. The summed E-state index contributed by atoms with van der Waals surface area (Å²) in [7, 11) is 0. The lowest BCUT2D eigenvalue weighted by atomic mass is 10.0. The van der Waals surface area contributed by atoms with E-state index in [-0.39, 0.29) is 5.54 Å². The predicted octanol–water partition coefficient (Wildman–Crippen LogP) is 3.76. The zero-order valence-corrected chi connectivity index (χ0v) is 10.6. The fourth-order valence-corrected chi connectivity index (χ4v) is 1.25. The van der Waals surface area contributed by atoms with Crippen LogP contribution in [0.25, 0.3) is 0 Å². The third kappa shape index (κ3) is 4.90. The van der Waals surface area contributed by atoms with Gasteiger partial charge in [0.05, 0.1) is 18.1 Å². The zero-order chi connectivity index (χ0) is 12.0. The Morgan fingerprint density at radius 3 is 2.38 bits per heavy atom. The molecule has 0 saturated heterocycles. The Hall–Kier alpha value is -1.40. The topological polar surface area (TPSA) is 24.7 Å². The van der Waals surface area contributed by atoms with E-state index in [1.807, 2.05) is 26.8 Å². The Kier molecular flexibility index (Phi) is 4.45. The van der Waals surface area contributed by atoms with Crippen molar-refractivity contribution in [2.75, 3.05) is 6.54 Å². The summed E-state index contributed by atoms with van der Waals surface area (Å²) in [6.07, 6.45) is 0. The van der Waals surface area contributed by atoms with Crippen molar-refractivity contribution in [3.05, 3.63) is 35.9 Å². The molecule has 0 saturated carbocycles. The maximum Gasteiger partial charge on any atom is 0.0898 e. The van der Waals surface area contributed by atoms with Gasteiger partial charge in [0, 0.05) is 5.92 Å². The number of rotatable bonds is 3. The van der Waals surface area contributed by atoms with Crippen molar-refractivity contribution < 1.29 is 0 Å². The molecular formula is C14H20N2. The molecule has 1 rings (SSSR count). The van der Waals surface area contributed by atoms with E-state index < -0.39 is 0 Å². The second-order valence-electron chi connectivity index (χ2n) is 5.04. The smallest absolute Gasteiger partial charge is 0.0898 e. The molecule has 0 radical (unpaired) electrons. The molecule has 0 aromatic heterocycles. The fraction of sp³-hybridized carbons (Fsp3) is 0.500. The van der Waals surface area contributed by atoms with Crippen molar-refractivity contribution >= 4 is 6.01 Å². The summed E-state index contributed by atoms with van der Waals surface area (Å²) in [5.74, 6) is 0.420. The van der Waals surface area contributed by atoms with Gasteiger partial charge in [0.15, 0.2) is 0 Å². The monoisotopic (exact) mass is 216 g/mol. The first-order chi connectivity index (χ1) is 7.49. The lowest BCUT2D eigenvalue weighted by Crippen LogP contribution is -2.08. The number of hydrogen-bond acceptors (Lipinski definition) is 2. The van der Waals surface area contributed by atoms with Crippen LogP contribution in [-0.4, -0.2) is 18.1 Å². The number of benzene rings is 1. The Morgan fingerprint density at radius 2 is 1.81 bits per heavy atom. The zero-order valence-electron chi connectivity index (χ0n) is 10.6. The molecule has 0 aliphatic carbocycles. The summed E-state index contributed by atoms with van der Waals surface area (Å²) in [6.45, 7) is 9.02. The normalized spacial score (nSPS) is 12.8. The van der Waals surface area contributed by atoms with Crippen LogP contribution in [0.15, 0.2) is 40.3 Å². The van der Waals surface area contributed by atoms with Gasteiger partial charge in [-0.1, -0.05) is 37.3 Å². The molecule has 16 heavy (non-hydrogen) atoms. The second kappa shape index (κ2) is 5.62. The van der Waals surface area contributed by atoms with E-state index in [2.05, 4.69) is 47.2 Å². The van der Waals surface area contributed by atoms with Gasteiger partial charge in [-0.15, -0.1) is 0 Å². The Balaban J connectivity index is 2.54. The van der Waals surface area contributed by atoms with Crippen LogP contribution in [0.2, 0.25) is 0 Å². The minimum absolute atomic E-state index is 0.0838. The van der Waals surface area contributed by atoms with Gasteiger partial charge in [-0.05, 0) is 26.3 Å². The molecule has 0 aliphatic heterocycles. The summed E-state index contributed by atoms with van der Waals surface area (Å²) in [5, 5.41) is 0. The molecule has 1 aromatic carbocycles. The Labute approximate surface area is 98.1 Å². The summed E-state index contributed by atoms with van der Waals surface area (Å²) in [5.41, 5.74) is 1.23. The van der Waals surface area contributed by atoms with Gasteiger partial charge in [-0.25, -0.2) is 9.98 Å². The predicted molar refractivity (Wildman–Crippen MR) is 69.3 cm³/mol. The van der Waals surface area contributed by atoms with Gasteiger partial charge in [0.2, 0.25) is 0 Å². The maximum atomic E-state index is 4.22. The summed E-state index contributed by atoms with van der Waals surface area (Å²) in [4.78, 5) is 8.42. The third-order valence-corrected chi connectivity index (χ3v) is 2.19. The van der Waals surface area contributed by atoms with Crippen molar-refractivity contribution in [3.63, 3.8) is 0 Å². The highest BCUT2D eigenvalue weighted by Crippen LogP contribution is 2.14. The first-order valence-electron chi connectivity index (χ1n) is 5.67. The van der Waals surface area contributed by atoms with Crippen LogP contribution in [-0.2, 0) is 0 Å². The minimum Gasteiger partial charge on any atom is -0.225 e. The van der Waals surface area contributed by atoms with Gasteiger partial charge in [-0.3, -0.25) is 0 Å². The summed E-state index contributed by atoms with van der Waals surface area (Å²) in [6, 6.07) is 13.2. The van der Waals surface area contributed by atoms with Crippen molar-refractivity contribution in [2.45, 2.75) is 39.2 Å². The van der Waals surface area contributed by atoms with E-state index in [1.54, 1.807) is 0 Å². The Morgan fingerprint density at radius 1 is 1.19 bits per heavy atom. The van der Waals surface area contributed by atoms with Gasteiger partial charge >= 0.3 is 0 Å². The molecule has 0 heterocycles. The van der Waals surface area contributed by atoms with E-state index in [1.165, 1.54) is 5.56 Å². The van der Waals surface area contributed by atoms with Crippen molar-refractivity contribution in [2.24, 2.45) is 9.98 Å². The van der Waals surface area contributed by atoms with Gasteiger partial charge in [-0.2, -0.15) is 0 Å². The molecule has 1 unspecified atom stereocenters. The largest absolute Gasteiger partial charge is 0.225 e. The molecule has 1 atom stereocenters. The van der Waals surface area contributed by atoms with Crippen LogP contribution in [0.5, 0.6) is 0 Å². The van der Waals surface area contributed by atoms with Crippen LogP contribution >= 0.6 is 0 Å². The first-order valence-corrected chi connectivity index (χ1v) is 5.67. The van der Waals surface area contributed by atoms with Crippen LogP contribution in [0.4, 0.5) is 0 Å². The highest BCUT2D eigenvalue weighted by Gasteiger charge is 2.05. The highest BCUT2D eigenvalue weighted by atomic mass is 14.9. The fourth-order valence-electron chi connectivity index (χ4n) is 1.25. The second-order valence-corrected chi connectivity index (χ2v) is 5.04. The van der Waals surface area contributed by atoms with Gasteiger partial charge in [0.1, 0.15) is 0 Å². The molecule has 0 aliphatic rings. The van der Waals surface area contributed by atoms with Gasteiger partial charge < -0.3 is 0 Å². The molecule has 0 amide bonds. The van der Waals surface area contributed by atoms with E-state index >= 15 is 0 Å². The van der Waals surface area contributed by atoms with Crippen molar-refractivity contribution in [1.82, 2.24) is 0 Å². The average molecular weight is 216 g/mol. The quantitative estimate of drug-likeness (QED) is 0.687. The molecule has 0 bridgehead atoms. The Bertz CT molecular complexity index is 367. The van der Waals surface area contributed by atoms with E-state index in [0.717, 1.165) is 6.54 Å². The number of aliphatic imine (C=N–C) groups is 2. The van der Waals surface area contributed by atoms with E-state index in [9.17, 15) is 0 Å². The van der Waals surface area contributed by atoms with E-state index in [0.29, 0.717) is 5.92 Å². The maximum absolute atomic E-state index is 4.22. The standard InChI is InChI=1S/C14H20N2/c1-12(13-8-6-5-7-9-13)10-15-11-16-14(2,3)4/h5-9,12H,10H2,1-4H3. The number of nitrogens with zero attached hydrogens (tertiary/aromatic N) is 2. The number of hydrogen-bond donors (Lipinski definition) is 0. The van der Waals surface area contributed by atoms with Crippen LogP contribution in [0.1, 0.15) is 39.2 Å². The molecule has 1 aromatic rings. The molecular weight excluding hydrogens is 196 g/mol. The lowest BCUT2D eigenvalue weighted by Gasteiger charge is -2.08. The first kappa shape index (κ1) is 12.7. The van der Waals surface area contributed by atoms with Crippen LogP contribution < -0.4 is 0 Å².